The molecule has 0 bridgehead atoms. The van der Waals surface area contributed by atoms with Gasteiger partial charge in [-0.1, -0.05) is 0 Å². The molecular weight excluding hydrogens is 360 g/mol. The smallest absolute Gasteiger partial charge is 0.258 e. The van der Waals surface area contributed by atoms with Crippen LogP contribution in [0, 0.1) is 5.92 Å². The highest BCUT2D eigenvalue weighted by Crippen LogP contribution is 2.19. The average Bonchev–Trinajstić information content (AvgIpc) is 3.00. The highest BCUT2D eigenvalue weighted by molar-refractivity contribution is 7.89. The zero-order valence-corrected chi connectivity index (χ0v) is 16.1. The first-order valence-corrected chi connectivity index (χ1v) is 10.1. The SMILES string of the molecule is CCOc1ccc(OCC(=O)N[C@@H]2COC[C@H]2CS(=O)(=O)N(C)C)cc1. The van der Waals surface area contributed by atoms with E-state index in [2.05, 4.69) is 5.32 Å². The fourth-order valence-electron chi connectivity index (χ4n) is 2.54. The van der Waals surface area contributed by atoms with E-state index in [4.69, 9.17) is 14.2 Å². The lowest BCUT2D eigenvalue weighted by Crippen LogP contribution is -2.45. The number of nitrogens with zero attached hydrogens (tertiary/aromatic N) is 1. The molecule has 1 amide bonds. The number of carbonyl (C=O) groups excluding carboxylic acids is 1. The molecule has 9 heteroatoms. The third kappa shape index (κ3) is 5.86. The van der Waals surface area contributed by atoms with Crippen LogP contribution in [0.1, 0.15) is 6.92 Å². The highest BCUT2D eigenvalue weighted by atomic mass is 32.2. The lowest BCUT2D eigenvalue weighted by molar-refractivity contribution is -0.124. The minimum Gasteiger partial charge on any atom is -0.494 e. The third-order valence-corrected chi connectivity index (χ3v) is 5.99. The minimum absolute atomic E-state index is 0.0648. The Morgan fingerprint density at radius 1 is 1.19 bits per heavy atom. The van der Waals surface area contributed by atoms with Gasteiger partial charge in [0.25, 0.3) is 5.91 Å². The standard InChI is InChI=1S/C17H26N2O6S/c1-4-24-14-5-7-15(8-6-14)25-11-17(20)18-16-10-23-9-13(16)12-26(21,22)19(2)3/h5-8,13,16H,4,9-12H2,1-3H3,(H,18,20)/t13-,16+/m0/s1. The van der Waals surface area contributed by atoms with Gasteiger partial charge in [0.15, 0.2) is 6.61 Å². The van der Waals surface area contributed by atoms with Crippen molar-refractivity contribution in [1.82, 2.24) is 9.62 Å². The summed E-state index contributed by atoms with van der Waals surface area (Å²) in [4.78, 5) is 12.1. The molecule has 2 rings (SSSR count). The van der Waals surface area contributed by atoms with Crippen molar-refractivity contribution in [3.05, 3.63) is 24.3 Å². The van der Waals surface area contributed by atoms with Gasteiger partial charge in [-0.2, -0.15) is 0 Å². The zero-order valence-electron chi connectivity index (χ0n) is 15.3. The molecule has 26 heavy (non-hydrogen) atoms. The van der Waals surface area contributed by atoms with Gasteiger partial charge >= 0.3 is 0 Å². The average molecular weight is 386 g/mol. The lowest BCUT2D eigenvalue weighted by Gasteiger charge is -2.21. The van der Waals surface area contributed by atoms with Crippen LogP contribution in [0.4, 0.5) is 0 Å². The van der Waals surface area contributed by atoms with Crippen LogP contribution in [0.3, 0.4) is 0 Å². The fraction of sp³-hybridized carbons (Fsp3) is 0.588. The molecule has 0 unspecified atom stereocenters. The van der Waals surface area contributed by atoms with Crippen LogP contribution in [-0.4, -0.2) is 70.9 Å². The van der Waals surface area contributed by atoms with Gasteiger partial charge in [0.05, 0.1) is 31.6 Å². The minimum atomic E-state index is -3.36. The summed E-state index contributed by atoms with van der Waals surface area (Å²) in [5.41, 5.74) is 0. The number of rotatable bonds is 9. The number of amides is 1. The van der Waals surface area contributed by atoms with Gasteiger partial charge < -0.3 is 19.5 Å². The Bertz CT molecular complexity index is 690. The highest BCUT2D eigenvalue weighted by Gasteiger charge is 2.34. The second-order valence-corrected chi connectivity index (χ2v) is 8.45. The van der Waals surface area contributed by atoms with E-state index < -0.39 is 10.0 Å². The van der Waals surface area contributed by atoms with Crippen molar-refractivity contribution in [3.8, 4) is 11.5 Å². The van der Waals surface area contributed by atoms with Crippen molar-refractivity contribution in [3.63, 3.8) is 0 Å². The van der Waals surface area contributed by atoms with Crippen LogP contribution in [0.15, 0.2) is 24.3 Å². The Morgan fingerprint density at radius 2 is 1.81 bits per heavy atom. The van der Waals surface area contributed by atoms with Crippen molar-refractivity contribution in [2.75, 3.05) is 46.3 Å². The fourth-order valence-corrected chi connectivity index (χ4v) is 3.71. The molecule has 1 aliphatic rings. The van der Waals surface area contributed by atoms with Gasteiger partial charge in [-0.25, -0.2) is 12.7 Å². The van der Waals surface area contributed by atoms with E-state index in [1.165, 1.54) is 18.4 Å². The molecule has 2 atom stereocenters. The molecule has 1 N–H and O–H groups in total. The summed E-state index contributed by atoms with van der Waals surface area (Å²) in [6.07, 6.45) is 0. The largest absolute Gasteiger partial charge is 0.494 e. The van der Waals surface area contributed by atoms with Crippen LogP contribution in [-0.2, 0) is 19.6 Å². The number of hydrogen-bond acceptors (Lipinski definition) is 6. The first kappa shape index (κ1) is 20.5. The number of benzene rings is 1. The number of carbonyl (C=O) groups is 1. The maximum atomic E-state index is 12.1. The van der Waals surface area contributed by atoms with Gasteiger partial charge in [0, 0.05) is 20.0 Å². The summed E-state index contributed by atoms with van der Waals surface area (Å²) < 4.78 is 41.4. The number of sulfonamides is 1. The van der Waals surface area contributed by atoms with Gasteiger partial charge in [-0.05, 0) is 31.2 Å². The van der Waals surface area contributed by atoms with Crippen LogP contribution in [0.5, 0.6) is 11.5 Å². The second-order valence-electron chi connectivity index (χ2n) is 6.23. The summed E-state index contributed by atoms with van der Waals surface area (Å²) >= 11 is 0. The van der Waals surface area contributed by atoms with Crippen LogP contribution in [0.2, 0.25) is 0 Å². The Hall–Kier alpha value is -1.84. The molecule has 1 fully saturated rings. The molecular formula is C17H26N2O6S. The summed E-state index contributed by atoms with van der Waals surface area (Å²) in [5, 5.41) is 2.80. The van der Waals surface area contributed by atoms with Crippen molar-refractivity contribution < 1.29 is 27.4 Å². The first-order chi connectivity index (χ1) is 12.3. The van der Waals surface area contributed by atoms with E-state index in [0.29, 0.717) is 25.6 Å². The summed E-state index contributed by atoms with van der Waals surface area (Å²) in [6.45, 7) is 2.92. The maximum absolute atomic E-state index is 12.1. The van der Waals surface area contributed by atoms with E-state index in [1.54, 1.807) is 24.3 Å². The summed E-state index contributed by atoms with van der Waals surface area (Å²) in [5.74, 6) is 0.624. The van der Waals surface area contributed by atoms with Crippen LogP contribution < -0.4 is 14.8 Å². The van der Waals surface area contributed by atoms with E-state index in [1.807, 2.05) is 6.92 Å². The maximum Gasteiger partial charge on any atom is 0.258 e. The third-order valence-electron chi connectivity index (χ3n) is 4.03. The van der Waals surface area contributed by atoms with E-state index in [0.717, 1.165) is 5.75 Å². The number of ether oxygens (including phenoxy) is 3. The van der Waals surface area contributed by atoms with Crippen molar-refractivity contribution in [1.29, 1.82) is 0 Å². The number of hydrogen-bond donors (Lipinski definition) is 1. The van der Waals surface area contributed by atoms with Crippen molar-refractivity contribution >= 4 is 15.9 Å². The molecule has 0 spiro atoms. The van der Waals surface area contributed by atoms with Gasteiger partial charge in [-0.15, -0.1) is 0 Å². The molecule has 146 valence electrons. The molecule has 0 aliphatic carbocycles. The van der Waals surface area contributed by atoms with Gasteiger partial charge in [0.2, 0.25) is 10.0 Å². The molecule has 0 aromatic heterocycles. The monoisotopic (exact) mass is 386 g/mol. The molecule has 0 saturated carbocycles. The first-order valence-electron chi connectivity index (χ1n) is 8.44. The topological polar surface area (TPSA) is 94.2 Å². The van der Waals surface area contributed by atoms with E-state index >= 15 is 0 Å². The van der Waals surface area contributed by atoms with Crippen LogP contribution in [0.25, 0.3) is 0 Å². The zero-order chi connectivity index (χ0) is 19.2. The Balaban J connectivity index is 1.82. The molecule has 0 radical (unpaired) electrons. The molecule has 1 aromatic rings. The Labute approximate surface area is 154 Å². The van der Waals surface area contributed by atoms with Gasteiger partial charge in [0.1, 0.15) is 11.5 Å². The lowest BCUT2D eigenvalue weighted by atomic mass is 10.1. The van der Waals surface area contributed by atoms with Gasteiger partial charge in [-0.3, -0.25) is 4.79 Å². The predicted molar refractivity (Wildman–Crippen MR) is 96.8 cm³/mol. The molecule has 1 aromatic carbocycles. The Morgan fingerprint density at radius 3 is 2.38 bits per heavy atom. The number of nitrogens with one attached hydrogen (secondary N) is 1. The predicted octanol–water partition coefficient (Wildman–Crippen LogP) is 0.487. The quantitative estimate of drug-likeness (QED) is 0.664. The second kappa shape index (κ2) is 9.20. The Kier molecular flexibility index (Phi) is 7.24. The van der Waals surface area contributed by atoms with Crippen LogP contribution >= 0.6 is 0 Å². The molecule has 1 saturated heterocycles. The summed E-state index contributed by atoms with van der Waals surface area (Å²) in [6, 6.07) is 6.64. The summed E-state index contributed by atoms with van der Waals surface area (Å²) in [7, 11) is -0.377. The van der Waals surface area contributed by atoms with Crippen molar-refractivity contribution in [2.45, 2.75) is 13.0 Å². The molecule has 1 heterocycles. The van der Waals surface area contributed by atoms with Crippen molar-refractivity contribution in [2.24, 2.45) is 5.92 Å². The van der Waals surface area contributed by atoms with E-state index in [-0.39, 0.29) is 30.2 Å². The molecule has 8 nitrogen and oxygen atoms in total. The van der Waals surface area contributed by atoms with E-state index in [9.17, 15) is 13.2 Å². The normalized spacial score (nSPS) is 20.2. The molecule has 1 aliphatic heterocycles.